The molecular formula is C40H33N5O3S2. The molecule has 0 aliphatic carbocycles. The molecule has 0 saturated heterocycles. The van der Waals surface area contributed by atoms with Gasteiger partial charge in [-0.2, -0.15) is 0 Å². The molecule has 0 saturated carbocycles. The van der Waals surface area contributed by atoms with E-state index in [0.717, 1.165) is 26.6 Å². The van der Waals surface area contributed by atoms with Crippen molar-refractivity contribution in [2.24, 2.45) is 0 Å². The summed E-state index contributed by atoms with van der Waals surface area (Å²) in [6.45, 7) is 4.04. The third-order valence-corrected chi connectivity index (χ3v) is 9.74. The first-order valence-electron chi connectivity index (χ1n) is 15.8. The van der Waals surface area contributed by atoms with Crippen LogP contribution in [0, 0.1) is 13.8 Å². The second kappa shape index (κ2) is 16.0. The van der Waals surface area contributed by atoms with Gasteiger partial charge >= 0.3 is 0 Å². The summed E-state index contributed by atoms with van der Waals surface area (Å²) in [5, 5.41) is 8.63. The number of hydrogen-bond donors (Lipinski definition) is 3. The number of nitrogens with zero attached hydrogens (tertiary/aromatic N) is 2. The number of thioether (sulfide) groups is 1. The van der Waals surface area contributed by atoms with Gasteiger partial charge in [0.05, 0.1) is 5.69 Å². The molecule has 0 radical (unpaired) electrons. The van der Waals surface area contributed by atoms with E-state index in [9.17, 15) is 14.4 Å². The molecule has 6 rings (SSSR count). The predicted molar refractivity (Wildman–Crippen MR) is 202 cm³/mol. The van der Waals surface area contributed by atoms with Crippen LogP contribution in [0.2, 0.25) is 0 Å². The first-order chi connectivity index (χ1) is 24.3. The molecule has 3 amide bonds. The van der Waals surface area contributed by atoms with E-state index in [2.05, 4.69) is 20.9 Å². The van der Waals surface area contributed by atoms with Crippen molar-refractivity contribution in [2.75, 3.05) is 10.6 Å². The molecule has 0 fully saturated rings. The molecule has 3 N–H and O–H groups in total. The summed E-state index contributed by atoms with van der Waals surface area (Å²) in [6.07, 6.45) is 4.81. The lowest BCUT2D eigenvalue weighted by molar-refractivity contribution is -0.116. The molecule has 50 heavy (non-hydrogen) atoms. The number of hydrogen-bond acceptors (Lipinski definition) is 7. The molecule has 2 aromatic heterocycles. The first kappa shape index (κ1) is 34.0. The van der Waals surface area contributed by atoms with Crippen LogP contribution >= 0.6 is 23.1 Å². The number of amides is 3. The number of thiazole rings is 1. The summed E-state index contributed by atoms with van der Waals surface area (Å²) in [5.74, 6) is -1.10. The van der Waals surface area contributed by atoms with Gasteiger partial charge in [-0.25, -0.2) is 4.98 Å². The van der Waals surface area contributed by atoms with E-state index < -0.39 is 17.1 Å². The number of carbonyl (C=O) groups excluding carboxylic acids is 3. The Labute approximate surface area is 298 Å². The molecule has 0 spiro atoms. The second-order valence-electron chi connectivity index (χ2n) is 11.3. The highest BCUT2D eigenvalue weighted by Crippen LogP contribution is 2.38. The lowest BCUT2D eigenvalue weighted by Gasteiger charge is -2.17. The van der Waals surface area contributed by atoms with Gasteiger partial charge in [0.25, 0.3) is 11.8 Å². The van der Waals surface area contributed by atoms with Crippen molar-refractivity contribution >= 4 is 57.7 Å². The Balaban J connectivity index is 1.17. The van der Waals surface area contributed by atoms with E-state index in [0.29, 0.717) is 21.9 Å². The Morgan fingerprint density at radius 1 is 0.780 bits per heavy atom. The first-order valence-corrected chi connectivity index (χ1v) is 17.5. The van der Waals surface area contributed by atoms with Gasteiger partial charge in [-0.05, 0) is 73.5 Å². The van der Waals surface area contributed by atoms with Crippen molar-refractivity contribution in [2.45, 2.75) is 24.0 Å². The van der Waals surface area contributed by atoms with Crippen LogP contribution in [-0.2, 0) is 9.59 Å². The van der Waals surface area contributed by atoms with Crippen molar-refractivity contribution in [3.63, 3.8) is 0 Å². The Bertz CT molecular complexity index is 2120. The second-order valence-corrected chi connectivity index (χ2v) is 13.7. The average Bonchev–Trinajstić information content (AvgIpc) is 3.51. The number of rotatable bonds is 11. The van der Waals surface area contributed by atoms with Gasteiger partial charge in [-0.1, -0.05) is 84.4 Å². The van der Waals surface area contributed by atoms with Crippen LogP contribution in [-0.4, -0.2) is 27.7 Å². The molecule has 6 aromatic rings. The molecule has 10 heteroatoms. The minimum absolute atomic E-state index is 0.0640. The zero-order valence-corrected chi connectivity index (χ0v) is 28.9. The summed E-state index contributed by atoms with van der Waals surface area (Å²) in [5.41, 5.74) is 5.54. The maximum atomic E-state index is 13.8. The van der Waals surface area contributed by atoms with E-state index in [1.54, 1.807) is 67.0 Å². The minimum atomic E-state index is -0.564. The summed E-state index contributed by atoms with van der Waals surface area (Å²) in [6, 6.07) is 37.2. The molecule has 2 heterocycles. The number of pyridine rings is 1. The minimum Gasteiger partial charge on any atom is -0.321 e. The summed E-state index contributed by atoms with van der Waals surface area (Å²) >= 11 is 2.84. The highest BCUT2D eigenvalue weighted by molar-refractivity contribution is 8.00. The van der Waals surface area contributed by atoms with Crippen LogP contribution in [0.5, 0.6) is 0 Å². The van der Waals surface area contributed by atoms with Crippen molar-refractivity contribution in [1.82, 2.24) is 15.3 Å². The number of anilines is 2. The summed E-state index contributed by atoms with van der Waals surface area (Å²) in [4.78, 5) is 50.9. The fourth-order valence-electron chi connectivity index (χ4n) is 5.02. The number of benzene rings is 4. The molecule has 1 atom stereocenters. The van der Waals surface area contributed by atoms with Gasteiger partial charge in [0.15, 0.2) is 5.13 Å². The highest BCUT2D eigenvalue weighted by atomic mass is 32.2. The maximum Gasteiger partial charge on any atom is 0.272 e. The third-order valence-electron chi connectivity index (χ3n) is 7.58. The van der Waals surface area contributed by atoms with Crippen LogP contribution in [0.1, 0.15) is 37.2 Å². The zero-order chi connectivity index (χ0) is 34.9. The van der Waals surface area contributed by atoms with Crippen LogP contribution < -0.4 is 16.0 Å². The molecule has 1 unspecified atom stereocenters. The number of aryl methyl sites for hydroxylation is 2. The Morgan fingerprint density at radius 2 is 1.48 bits per heavy atom. The average molecular weight is 696 g/mol. The molecule has 8 nitrogen and oxygen atoms in total. The van der Waals surface area contributed by atoms with Gasteiger partial charge < -0.3 is 16.0 Å². The van der Waals surface area contributed by atoms with E-state index >= 15 is 0 Å². The third kappa shape index (κ3) is 8.79. The van der Waals surface area contributed by atoms with Crippen molar-refractivity contribution < 1.29 is 14.4 Å². The summed E-state index contributed by atoms with van der Waals surface area (Å²) < 4.78 is 0. The van der Waals surface area contributed by atoms with Crippen LogP contribution in [0.25, 0.3) is 17.3 Å². The largest absolute Gasteiger partial charge is 0.321 e. The van der Waals surface area contributed by atoms with Gasteiger partial charge in [0.1, 0.15) is 10.9 Å². The maximum absolute atomic E-state index is 13.8. The van der Waals surface area contributed by atoms with Crippen LogP contribution in [0.4, 0.5) is 10.8 Å². The van der Waals surface area contributed by atoms with Gasteiger partial charge in [-0.15, -0.1) is 23.1 Å². The molecule has 0 bridgehead atoms. The van der Waals surface area contributed by atoms with Crippen molar-refractivity contribution in [1.29, 1.82) is 0 Å². The zero-order valence-electron chi connectivity index (χ0n) is 27.3. The van der Waals surface area contributed by atoms with Gasteiger partial charge in [0, 0.05) is 39.0 Å². The Morgan fingerprint density at radius 3 is 2.16 bits per heavy atom. The molecule has 4 aromatic carbocycles. The number of aromatic nitrogens is 2. The lowest BCUT2D eigenvalue weighted by Crippen LogP contribution is -2.30. The van der Waals surface area contributed by atoms with Crippen molar-refractivity contribution in [3.8, 4) is 11.3 Å². The SMILES string of the molecule is Cc1ccc(-c2nc(NC(=O)C(Sc3ccc(NC(=O)/C(=C/c4cccnc4)NC(=O)c4ccccc4)cc3)c3ccccc3)sc2C)cc1. The van der Waals surface area contributed by atoms with Gasteiger partial charge in [0.2, 0.25) is 5.91 Å². The molecule has 0 aliphatic heterocycles. The highest BCUT2D eigenvalue weighted by Gasteiger charge is 2.24. The monoisotopic (exact) mass is 695 g/mol. The quantitative estimate of drug-likeness (QED) is 0.0924. The molecular weight excluding hydrogens is 663 g/mol. The lowest BCUT2D eigenvalue weighted by atomic mass is 10.1. The summed E-state index contributed by atoms with van der Waals surface area (Å²) in [7, 11) is 0. The van der Waals surface area contributed by atoms with E-state index in [1.165, 1.54) is 28.7 Å². The van der Waals surface area contributed by atoms with Gasteiger partial charge in [-0.3, -0.25) is 19.4 Å². The van der Waals surface area contributed by atoms with E-state index in [-0.39, 0.29) is 11.6 Å². The Kier molecular flexibility index (Phi) is 10.9. The Hall–Kier alpha value is -5.84. The molecule has 0 aliphatic rings. The fourth-order valence-corrected chi connectivity index (χ4v) is 6.89. The van der Waals surface area contributed by atoms with E-state index in [1.807, 2.05) is 86.6 Å². The number of carbonyl (C=O) groups is 3. The number of nitrogens with one attached hydrogen (secondary N) is 3. The smallest absolute Gasteiger partial charge is 0.272 e. The van der Waals surface area contributed by atoms with Crippen LogP contribution in [0.3, 0.4) is 0 Å². The standard InChI is InChI=1S/C40H33N5O3S2/c1-26-15-17-29(18-16-26)35-27(2)49-40(44-35)45-39(48)36(30-11-5-3-6-12-30)50-33-21-19-32(20-22-33)42-38(47)34(24-28-10-9-23-41-25-28)43-37(46)31-13-7-4-8-14-31/h3-25,36H,1-2H3,(H,42,47)(H,43,46)(H,44,45,48)/b34-24-. The topological polar surface area (TPSA) is 113 Å². The fraction of sp³-hybridized carbons (Fsp3) is 0.0750. The van der Waals surface area contributed by atoms with Crippen molar-refractivity contribution in [3.05, 3.63) is 167 Å². The predicted octanol–water partition coefficient (Wildman–Crippen LogP) is 8.70. The molecule has 248 valence electrons. The normalized spacial score (nSPS) is 11.8. The van der Waals surface area contributed by atoms with E-state index in [4.69, 9.17) is 4.98 Å². The van der Waals surface area contributed by atoms with Crippen LogP contribution in [0.15, 0.2) is 144 Å².